The first-order valence-electron chi connectivity index (χ1n) is 9.02. The Hall–Kier alpha value is -2.08. The van der Waals surface area contributed by atoms with Gasteiger partial charge in [0.1, 0.15) is 11.4 Å². The molecule has 25 heavy (non-hydrogen) atoms. The maximum atomic E-state index is 12.9. The van der Waals surface area contributed by atoms with Crippen LogP contribution in [-0.4, -0.2) is 30.6 Å². The molecule has 6 nitrogen and oxygen atoms in total. The number of ether oxygens (including phenoxy) is 2. The first kappa shape index (κ1) is 19.2. The summed E-state index contributed by atoms with van der Waals surface area (Å²) < 4.78 is 11.3. The summed E-state index contributed by atoms with van der Waals surface area (Å²) in [6.07, 6.45) is 6.74. The third-order valence-electron chi connectivity index (χ3n) is 4.40. The highest BCUT2D eigenvalue weighted by molar-refractivity contribution is 5.97. The zero-order valence-corrected chi connectivity index (χ0v) is 14.9. The Labute approximate surface area is 149 Å². The maximum Gasteiger partial charge on any atom is 0.256 e. The van der Waals surface area contributed by atoms with Crippen LogP contribution in [0, 0.1) is 0 Å². The zero-order valence-electron chi connectivity index (χ0n) is 14.9. The fourth-order valence-corrected chi connectivity index (χ4v) is 3.07. The van der Waals surface area contributed by atoms with Gasteiger partial charge in [0.2, 0.25) is 0 Å². The second-order valence-electron chi connectivity index (χ2n) is 6.49. The number of amides is 2. The highest BCUT2D eigenvalue weighted by Gasteiger charge is 2.39. The van der Waals surface area contributed by atoms with Gasteiger partial charge in [-0.15, -0.1) is 0 Å². The molecule has 1 saturated carbocycles. The van der Waals surface area contributed by atoms with Crippen LogP contribution in [0.1, 0.15) is 51.9 Å². The monoisotopic (exact) mass is 348 g/mol. The van der Waals surface area contributed by atoms with Crippen molar-refractivity contribution in [2.24, 2.45) is 5.73 Å². The first-order valence-corrected chi connectivity index (χ1v) is 9.02. The van der Waals surface area contributed by atoms with Crippen LogP contribution in [-0.2, 0) is 14.3 Å². The van der Waals surface area contributed by atoms with Crippen LogP contribution in [0.5, 0.6) is 5.75 Å². The number of benzene rings is 1. The van der Waals surface area contributed by atoms with E-state index >= 15 is 0 Å². The number of carbonyl (C=O) groups is 2. The van der Waals surface area contributed by atoms with Crippen molar-refractivity contribution < 1.29 is 19.1 Å². The van der Waals surface area contributed by atoms with E-state index in [9.17, 15) is 9.59 Å². The largest absolute Gasteiger partial charge is 0.484 e. The van der Waals surface area contributed by atoms with Crippen molar-refractivity contribution in [2.75, 3.05) is 18.5 Å². The molecule has 0 unspecified atom stereocenters. The van der Waals surface area contributed by atoms with Crippen molar-refractivity contribution in [3.8, 4) is 5.75 Å². The van der Waals surface area contributed by atoms with Gasteiger partial charge in [-0.05, 0) is 43.5 Å². The molecule has 1 aromatic carbocycles. The summed E-state index contributed by atoms with van der Waals surface area (Å²) in [6.45, 7) is 2.47. The van der Waals surface area contributed by atoms with Gasteiger partial charge >= 0.3 is 0 Å². The van der Waals surface area contributed by atoms with Gasteiger partial charge in [0, 0.05) is 12.3 Å². The van der Waals surface area contributed by atoms with Crippen molar-refractivity contribution in [1.82, 2.24) is 0 Å². The minimum absolute atomic E-state index is 0.0753. The van der Waals surface area contributed by atoms with Crippen molar-refractivity contribution in [3.63, 3.8) is 0 Å². The Kier molecular flexibility index (Phi) is 7.25. The Bertz CT molecular complexity index is 563. The first-order chi connectivity index (χ1) is 12.1. The van der Waals surface area contributed by atoms with E-state index in [-0.39, 0.29) is 12.5 Å². The predicted octanol–water partition coefficient (Wildman–Crippen LogP) is 3.01. The Morgan fingerprint density at radius 3 is 2.32 bits per heavy atom. The molecular weight excluding hydrogens is 320 g/mol. The molecule has 0 spiro atoms. The lowest BCUT2D eigenvalue weighted by atomic mass is 9.92. The predicted molar refractivity (Wildman–Crippen MR) is 96.4 cm³/mol. The van der Waals surface area contributed by atoms with E-state index in [1.54, 1.807) is 24.3 Å². The Balaban J connectivity index is 2.02. The number of hydrogen-bond acceptors (Lipinski definition) is 4. The van der Waals surface area contributed by atoms with Gasteiger partial charge in [0.25, 0.3) is 11.8 Å². The van der Waals surface area contributed by atoms with E-state index in [4.69, 9.17) is 15.2 Å². The van der Waals surface area contributed by atoms with Crippen LogP contribution in [0.4, 0.5) is 5.69 Å². The van der Waals surface area contributed by atoms with E-state index < -0.39 is 11.5 Å². The normalized spacial score (nSPS) is 16.7. The van der Waals surface area contributed by atoms with E-state index in [1.165, 1.54) is 0 Å². The molecular formula is C19H28N2O4. The standard InChI is InChI=1S/C19H28N2O4/c1-2-13-25-19(11-5-3-4-6-12-19)18(23)21-15-7-9-16(10-8-15)24-14-17(20)22/h7-10H,2-6,11-14H2,1H3,(H2,20,22)(H,21,23). The molecule has 138 valence electrons. The Morgan fingerprint density at radius 1 is 1.12 bits per heavy atom. The van der Waals surface area contributed by atoms with Crippen LogP contribution in [0.2, 0.25) is 0 Å². The quantitative estimate of drug-likeness (QED) is 0.707. The van der Waals surface area contributed by atoms with Gasteiger partial charge in [-0.3, -0.25) is 9.59 Å². The molecule has 0 aromatic heterocycles. The summed E-state index contributed by atoms with van der Waals surface area (Å²) in [4.78, 5) is 23.7. The highest BCUT2D eigenvalue weighted by Crippen LogP contribution is 2.32. The maximum absolute atomic E-state index is 12.9. The number of carbonyl (C=O) groups excluding carboxylic acids is 2. The summed E-state index contributed by atoms with van der Waals surface area (Å²) in [6, 6.07) is 6.90. The lowest BCUT2D eigenvalue weighted by Gasteiger charge is -2.31. The molecule has 0 radical (unpaired) electrons. The van der Waals surface area contributed by atoms with Crippen molar-refractivity contribution in [2.45, 2.75) is 57.5 Å². The second kappa shape index (κ2) is 9.42. The van der Waals surface area contributed by atoms with Gasteiger partial charge < -0.3 is 20.5 Å². The summed E-state index contributed by atoms with van der Waals surface area (Å²) in [7, 11) is 0. The van der Waals surface area contributed by atoms with Crippen LogP contribution in [0.15, 0.2) is 24.3 Å². The fourth-order valence-electron chi connectivity index (χ4n) is 3.07. The molecule has 0 heterocycles. The molecule has 1 aliphatic rings. The molecule has 2 amide bonds. The zero-order chi connectivity index (χ0) is 18.1. The van der Waals surface area contributed by atoms with Gasteiger partial charge in [0.15, 0.2) is 6.61 Å². The molecule has 1 aromatic rings. The van der Waals surface area contributed by atoms with E-state index in [0.717, 1.165) is 44.9 Å². The molecule has 1 aliphatic carbocycles. The number of anilines is 1. The van der Waals surface area contributed by atoms with Gasteiger partial charge in [-0.1, -0.05) is 32.6 Å². The number of rotatable bonds is 8. The average molecular weight is 348 g/mol. The topological polar surface area (TPSA) is 90.7 Å². The third-order valence-corrected chi connectivity index (χ3v) is 4.40. The van der Waals surface area contributed by atoms with E-state index in [1.807, 2.05) is 6.92 Å². The number of hydrogen-bond donors (Lipinski definition) is 2. The number of nitrogens with one attached hydrogen (secondary N) is 1. The molecule has 0 saturated heterocycles. The van der Waals surface area contributed by atoms with E-state index in [0.29, 0.717) is 18.0 Å². The van der Waals surface area contributed by atoms with Gasteiger partial charge in [0.05, 0.1) is 0 Å². The van der Waals surface area contributed by atoms with Crippen molar-refractivity contribution in [1.29, 1.82) is 0 Å². The van der Waals surface area contributed by atoms with Crippen molar-refractivity contribution in [3.05, 3.63) is 24.3 Å². The summed E-state index contributed by atoms with van der Waals surface area (Å²) in [5, 5.41) is 2.97. The average Bonchev–Trinajstić information content (AvgIpc) is 2.86. The molecule has 0 aliphatic heterocycles. The number of primary amides is 1. The highest BCUT2D eigenvalue weighted by atomic mass is 16.5. The van der Waals surface area contributed by atoms with E-state index in [2.05, 4.69) is 5.32 Å². The lowest BCUT2D eigenvalue weighted by Crippen LogP contribution is -2.45. The lowest BCUT2D eigenvalue weighted by molar-refractivity contribution is -0.143. The van der Waals surface area contributed by atoms with Crippen LogP contribution in [0.3, 0.4) is 0 Å². The summed E-state index contributed by atoms with van der Waals surface area (Å²) in [5.41, 5.74) is 5.00. The molecule has 6 heteroatoms. The number of nitrogens with two attached hydrogens (primary N) is 1. The fraction of sp³-hybridized carbons (Fsp3) is 0.579. The SMILES string of the molecule is CCCOC1(C(=O)Nc2ccc(OCC(N)=O)cc2)CCCCCC1. The minimum Gasteiger partial charge on any atom is -0.484 e. The Morgan fingerprint density at radius 2 is 1.76 bits per heavy atom. The van der Waals surface area contributed by atoms with Crippen LogP contribution >= 0.6 is 0 Å². The molecule has 3 N–H and O–H groups in total. The van der Waals surface area contributed by atoms with Crippen molar-refractivity contribution >= 4 is 17.5 Å². The molecule has 0 bridgehead atoms. The van der Waals surface area contributed by atoms with Gasteiger partial charge in [-0.2, -0.15) is 0 Å². The van der Waals surface area contributed by atoms with Gasteiger partial charge in [-0.25, -0.2) is 0 Å². The summed E-state index contributed by atoms with van der Waals surface area (Å²) >= 11 is 0. The van der Waals surface area contributed by atoms with Crippen LogP contribution < -0.4 is 15.8 Å². The third kappa shape index (κ3) is 5.74. The second-order valence-corrected chi connectivity index (χ2v) is 6.49. The molecule has 0 atom stereocenters. The molecule has 1 fully saturated rings. The summed E-state index contributed by atoms with van der Waals surface area (Å²) in [5.74, 6) is -0.0716. The minimum atomic E-state index is -0.729. The van der Waals surface area contributed by atoms with Crippen LogP contribution in [0.25, 0.3) is 0 Å². The smallest absolute Gasteiger partial charge is 0.256 e. The molecule has 2 rings (SSSR count).